The van der Waals surface area contributed by atoms with Gasteiger partial charge in [0.25, 0.3) is 0 Å². The first-order valence-corrected chi connectivity index (χ1v) is 8.73. The zero-order chi connectivity index (χ0) is 16.3. The molecule has 3 rings (SSSR count). The molecule has 0 saturated heterocycles. The second-order valence-electron chi connectivity index (χ2n) is 8.66. The van der Waals surface area contributed by atoms with Crippen LogP contribution < -0.4 is 0 Å². The predicted octanol–water partition coefficient (Wildman–Crippen LogP) is 4.64. The standard InChI is InChI=1S/C20H28O2/c1-12(2)14-11-13-7-8-15-19(3,4)9-6-10-20(15,5)16(13)18(22)17(14)21/h11-12,15H,6-10H2,1-5H3/t15-,20-/m0/s1. The summed E-state index contributed by atoms with van der Waals surface area (Å²) in [7, 11) is 0. The SMILES string of the molecule is CC(C)C1=CC2=C(C(=O)C1=O)[C@@]1(C)CCCC(C)(C)[C@@H]1CC2. The van der Waals surface area contributed by atoms with Gasteiger partial charge < -0.3 is 0 Å². The summed E-state index contributed by atoms with van der Waals surface area (Å²) in [6.45, 7) is 10.9. The van der Waals surface area contributed by atoms with Gasteiger partial charge in [0.15, 0.2) is 0 Å². The molecule has 0 heterocycles. The number of allylic oxidation sites excluding steroid dienone is 4. The minimum atomic E-state index is -0.251. The molecule has 1 fully saturated rings. The van der Waals surface area contributed by atoms with Crippen LogP contribution in [0.5, 0.6) is 0 Å². The Labute approximate surface area is 134 Å². The second-order valence-corrected chi connectivity index (χ2v) is 8.66. The normalized spacial score (nSPS) is 34.5. The van der Waals surface area contributed by atoms with Crippen LogP contribution >= 0.6 is 0 Å². The lowest BCUT2D eigenvalue weighted by atomic mass is 9.49. The van der Waals surface area contributed by atoms with Crippen molar-refractivity contribution in [2.75, 3.05) is 0 Å². The van der Waals surface area contributed by atoms with Crippen molar-refractivity contribution in [3.63, 3.8) is 0 Å². The summed E-state index contributed by atoms with van der Waals surface area (Å²) in [5, 5.41) is 0. The van der Waals surface area contributed by atoms with E-state index in [9.17, 15) is 9.59 Å². The summed E-state index contributed by atoms with van der Waals surface area (Å²) in [5.74, 6) is 0.183. The van der Waals surface area contributed by atoms with Crippen LogP contribution in [0.15, 0.2) is 22.8 Å². The van der Waals surface area contributed by atoms with Crippen LogP contribution in [-0.4, -0.2) is 11.6 Å². The van der Waals surface area contributed by atoms with Crippen LogP contribution in [-0.2, 0) is 9.59 Å². The molecule has 0 aromatic rings. The molecule has 0 amide bonds. The van der Waals surface area contributed by atoms with E-state index in [0.29, 0.717) is 11.5 Å². The molecule has 1 saturated carbocycles. The van der Waals surface area contributed by atoms with E-state index in [4.69, 9.17) is 0 Å². The van der Waals surface area contributed by atoms with E-state index in [-0.39, 0.29) is 28.3 Å². The average molecular weight is 300 g/mol. The molecular weight excluding hydrogens is 272 g/mol. The number of Topliss-reactive ketones (excluding diaryl/α,β-unsaturated/α-hetero) is 2. The molecular formula is C20H28O2. The number of carbonyl (C=O) groups excluding carboxylic acids is 2. The minimum absolute atomic E-state index is 0.110. The highest BCUT2D eigenvalue weighted by Crippen LogP contribution is 2.60. The van der Waals surface area contributed by atoms with Crippen molar-refractivity contribution in [2.45, 2.75) is 66.7 Å². The minimum Gasteiger partial charge on any atom is -0.285 e. The first-order chi connectivity index (χ1) is 10.2. The monoisotopic (exact) mass is 300 g/mol. The van der Waals surface area contributed by atoms with Crippen LogP contribution in [0.1, 0.15) is 66.7 Å². The molecule has 0 spiro atoms. The summed E-state index contributed by atoms with van der Waals surface area (Å²) in [6, 6.07) is 0. The number of hydrogen-bond donors (Lipinski definition) is 0. The third-order valence-corrected chi connectivity index (χ3v) is 6.47. The Balaban J connectivity index is 2.14. The Hall–Kier alpha value is -1.18. The van der Waals surface area contributed by atoms with Crippen molar-refractivity contribution in [1.82, 2.24) is 0 Å². The molecule has 3 aliphatic carbocycles. The van der Waals surface area contributed by atoms with Crippen molar-refractivity contribution < 1.29 is 9.59 Å². The number of fused-ring (bicyclic) bond motifs is 2. The molecule has 3 aliphatic rings. The first-order valence-electron chi connectivity index (χ1n) is 8.73. The fraction of sp³-hybridized carbons (Fsp3) is 0.700. The van der Waals surface area contributed by atoms with Gasteiger partial charge in [0.05, 0.1) is 0 Å². The topological polar surface area (TPSA) is 34.1 Å². The summed E-state index contributed by atoms with van der Waals surface area (Å²) in [4.78, 5) is 25.4. The average Bonchev–Trinajstić information content (AvgIpc) is 2.40. The fourth-order valence-electron chi connectivity index (χ4n) is 5.40. The van der Waals surface area contributed by atoms with Gasteiger partial charge in [-0.3, -0.25) is 9.59 Å². The highest BCUT2D eigenvalue weighted by molar-refractivity contribution is 6.50. The zero-order valence-corrected chi connectivity index (χ0v) is 14.6. The van der Waals surface area contributed by atoms with Gasteiger partial charge in [-0.2, -0.15) is 0 Å². The van der Waals surface area contributed by atoms with Gasteiger partial charge in [0.1, 0.15) is 0 Å². The Bertz CT molecular complexity index is 603. The van der Waals surface area contributed by atoms with Gasteiger partial charge >= 0.3 is 0 Å². The number of rotatable bonds is 1. The third-order valence-electron chi connectivity index (χ3n) is 6.47. The molecule has 120 valence electrons. The lowest BCUT2D eigenvalue weighted by Crippen LogP contribution is -2.49. The van der Waals surface area contributed by atoms with E-state index in [2.05, 4.69) is 20.8 Å². The molecule has 2 nitrogen and oxygen atoms in total. The molecule has 0 N–H and O–H groups in total. The van der Waals surface area contributed by atoms with Crippen molar-refractivity contribution in [3.05, 3.63) is 22.8 Å². The van der Waals surface area contributed by atoms with Crippen LogP contribution in [0.3, 0.4) is 0 Å². The van der Waals surface area contributed by atoms with E-state index in [0.717, 1.165) is 36.8 Å². The quantitative estimate of drug-likeness (QED) is 0.522. The van der Waals surface area contributed by atoms with Crippen LogP contribution in [0.4, 0.5) is 0 Å². The van der Waals surface area contributed by atoms with E-state index in [1.165, 1.54) is 6.42 Å². The number of carbonyl (C=O) groups is 2. The number of ketones is 2. The lowest BCUT2D eigenvalue weighted by molar-refractivity contribution is -0.134. The highest BCUT2D eigenvalue weighted by Gasteiger charge is 2.53. The van der Waals surface area contributed by atoms with Gasteiger partial charge in [-0.25, -0.2) is 0 Å². The maximum atomic E-state index is 12.9. The first kappa shape index (κ1) is 15.7. The van der Waals surface area contributed by atoms with E-state index < -0.39 is 0 Å². The molecule has 0 radical (unpaired) electrons. The van der Waals surface area contributed by atoms with E-state index >= 15 is 0 Å². The van der Waals surface area contributed by atoms with Crippen LogP contribution in [0.2, 0.25) is 0 Å². The summed E-state index contributed by atoms with van der Waals surface area (Å²) >= 11 is 0. The van der Waals surface area contributed by atoms with Gasteiger partial charge in [-0.15, -0.1) is 0 Å². The van der Waals surface area contributed by atoms with Crippen LogP contribution in [0, 0.1) is 22.7 Å². The summed E-state index contributed by atoms with van der Waals surface area (Å²) < 4.78 is 0. The fourth-order valence-corrected chi connectivity index (χ4v) is 5.40. The van der Waals surface area contributed by atoms with Gasteiger partial charge in [-0.05, 0) is 48.5 Å². The predicted molar refractivity (Wildman–Crippen MR) is 88.4 cm³/mol. The van der Waals surface area contributed by atoms with E-state index in [1.807, 2.05) is 19.9 Å². The van der Waals surface area contributed by atoms with Gasteiger partial charge in [0.2, 0.25) is 11.6 Å². The van der Waals surface area contributed by atoms with Crippen molar-refractivity contribution in [3.8, 4) is 0 Å². The maximum absolute atomic E-state index is 12.9. The molecule has 0 aliphatic heterocycles. The largest absolute Gasteiger partial charge is 0.285 e. The molecule has 0 unspecified atom stereocenters. The van der Waals surface area contributed by atoms with Gasteiger partial charge in [0, 0.05) is 16.6 Å². The highest BCUT2D eigenvalue weighted by atomic mass is 16.2. The van der Waals surface area contributed by atoms with Crippen molar-refractivity contribution in [1.29, 1.82) is 0 Å². The smallest absolute Gasteiger partial charge is 0.230 e. The lowest BCUT2D eigenvalue weighted by Gasteiger charge is -2.55. The second kappa shape index (κ2) is 4.91. The number of hydrogen-bond acceptors (Lipinski definition) is 2. The Kier molecular flexibility index (Phi) is 3.50. The third kappa shape index (κ3) is 2.06. The molecule has 0 aromatic heterocycles. The summed E-state index contributed by atoms with van der Waals surface area (Å²) in [5.41, 5.74) is 2.88. The summed E-state index contributed by atoms with van der Waals surface area (Å²) in [6.07, 6.45) is 7.57. The molecule has 2 heteroatoms. The molecule has 22 heavy (non-hydrogen) atoms. The Morgan fingerprint density at radius 1 is 1.09 bits per heavy atom. The van der Waals surface area contributed by atoms with Crippen molar-refractivity contribution in [2.24, 2.45) is 22.7 Å². The molecule has 0 bridgehead atoms. The van der Waals surface area contributed by atoms with Gasteiger partial charge in [-0.1, -0.05) is 47.1 Å². The molecule has 0 aromatic carbocycles. The Morgan fingerprint density at radius 2 is 1.77 bits per heavy atom. The van der Waals surface area contributed by atoms with Crippen LogP contribution in [0.25, 0.3) is 0 Å². The zero-order valence-electron chi connectivity index (χ0n) is 14.6. The Morgan fingerprint density at radius 3 is 2.41 bits per heavy atom. The maximum Gasteiger partial charge on any atom is 0.230 e. The molecule has 2 atom stereocenters. The van der Waals surface area contributed by atoms with Crippen molar-refractivity contribution >= 4 is 11.6 Å². The van der Waals surface area contributed by atoms with E-state index in [1.54, 1.807) is 0 Å².